The van der Waals surface area contributed by atoms with E-state index in [2.05, 4.69) is 5.32 Å². The highest BCUT2D eigenvalue weighted by molar-refractivity contribution is 5.88. The van der Waals surface area contributed by atoms with Gasteiger partial charge in [0.05, 0.1) is 6.54 Å². The molecule has 0 unspecified atom stereocenters. The summed E-state index contributed by atoms with van der Waals surface area (Å²) >= 11 is 0. The molecule has 4 heteroatoms. The molecule has 0 spiro atoms. The van der Waals surface area contributed by atoms with E-state index in [1.54, 1.807) is 13.0 Å². The van der Waals surface area contributed by atoms with E-state index in [1.165, 1.54) is 25.7 Å². The monoisotopic (exact) mass is 249 g/mol. The molecule has 1 heterocycles. The summed E-state index contributed by atoms with van der Waals surface area (Å²) in [6, 6.07) is 1.63. The SMILES string of the molecule is Cc1oc(CNCC2(C3CC3)CC2)cc1C(=O)O. The van der Waals surface area contributed by atoms with Gasteiger partial charge >= 0.3 is 5.97 Å². The Morgan fingerprint density at radius 1 is 1.56 bits per heavy atom. The van der Waals surface area contributed by atoms with Gasteiger partial charge in [-0.15, -0.1) is 0 Å². The summed E-state index contributed by atoms with van der Waals surface area (Å²) in [6.45, 7) is 3.36. The number of nitrogens with one attached hydrogen (secondary N) is 1. The molecule has 4 nitrogen and oxygen atoms in total. The molecule has 1 aromatic heterocycles. The van der Waals surface area contributed by atoms with Gasteiger partial charge in [-0.3, -0.25) is 0 Å². The number of aromatic carboxylic acids is 1. The van der Waals surface area contributed by atoms with E-state index in [0.29, 0.717) is 17.7 Å². The van der Waals surface area contributed by atoms with Crippen LogP contribution in [-0.2, 0) is 6.54 Å². The Kier molecular flexibility index (Phi) is 2.70. The predicted octanol–water partition coefficient (Wildman–Crippen LogP) is 2.57. The summed E-state index contributed by atoms with van der Waals surface area (Å²) < 4.78 is 5.44. The number of carboxylic acids is 1. The molecule has 1 aromatic rings. The summed E-state index contributed by atoms with van der Waals surface area (Å²) in [7, 11) is 0. The van der Waals surface area contributed by atoms with Crippen molar-refractivity contribution < 1.29 is 14.3 Å². The number of rotatable bonds is 6. The Morgan fingerprint density at radius 3 is 2.78 bits per heavy atom. The second kappa shape index (κ2) is 4.12. The van der Waals surface area contributed by atoms with Crippen LogP contribution in [0.1, 0.15) is 47.6 Å². The van der Waals surface area contributed by atoms with Gasteiger partial charge in [0, 0.05) is 6.54 Å². The molecule has 2 aliphatic rings. The summed E-state index contributed by atoms with van der Waals surface area (Å²) in [4.78, 5) is 10.9. The average Bonchev–Trinajstić information content (AvgIpc) is 3.18. The molecule has 0 aromatic carbocycles. The van der Waals surface area contributed by atoms with Crippen LogP contribution >= 0.6 is 0 Å². The van der Waals surface area contributed by atoms with Crippen molar-refractivity contribution in [2.24, 2.45) is 11.3 Å². The number of hydrogen-bond donors (Lipinski definition) is 2. The highest BCUT2D eigenvalue weighted by Crippen LogP contribution is 2.60. The van der Waals surface area contributed by atoms with E-state index in [1.807, 2.05) is 0 Å². The maximum absolute atomic E-state index is 10.9. The van der Waals surface area contributed by atoms with Crippen LogP contribution in [-0.4, -0.2) is 17.6 Å². The standard InChI is InChI=1S/C14H19NO3/c1-9-12(13(16)17)6-11(18-9)7-15-8-14(4-5-14)10-2-3-10/h6,10,15H,2-5,7-8H2,1H3,(H,16,17). The molecule has 2 N–H and O–H groups in total. The lowest BCUT2D eigenvalue weighted by molar-refractivity contribution is 0.0695. The largest absolute Gasteiger partial charge is 0.478 e. The lowest BCUT2D eigenvalue weighted by atomic mass is 10.0. The van der Waals surface area contributed by atoms with Crippen LogP contribution in [0.2, 0.25) is 0 Å². The summed E-state index contributed by atoms with van der Waals surface area (Å²) in [5, 5.41) is 12.4. The van der Waals surface area contributed by atoms with E-state index in [-0.39, 0.29) is 5.56 Å². The Hall–Kier alpha value is -1.29. The van der Waals surface area contributed by atoms with Crippen LogP contribution in [0.3, 0.4) is 0 Å². The summed E-state index contributed by atoms with van der Waals surface area (Å²) in [6.07, 6.45) is 5.49. The molecule has 18 heavy (non-hydrogen) atoms. The molecule has 3 rings (SSSR count). The third-order valence-electron chi connectivity index (χ3n) is 4.31. The van der Waals surface area contributed by atoms with E-state index in [0.717, 1.165) is 18.2 Å². The van der Waals surface area contributed by atoms with Gasteiger partial charge in [0.15, 0.2) is 0 Å². The highest BCUT2D eigenvalue weighted by atomic mass is 16.4. The van der Waals surface area contributed by atoms with E-state index in [4.69, 9.17) is 9.52 Å². The maximum Gasteiger partial charge on any atom is 0.339 e. The predicted molar refractivity (Wildman–Crippen MR) is 66.5 cm³/mol. The molecule has 98 valence electrons. The molecule has 0 radical (unpaired) electrons. The minimum Gasteiger partial charge on any atom is -0.478 e. The zero-order valence-electron chi connectivity index (χ0n) is 10.7. The first-order valence-electron chi connectivity index (χ1n) is 6.64. The Balaban J connectivity index is 1.54. The van der Waals surface area contributed by atoms with E-state index in [9.17, 15) is 4.79 Å². The molecule has 2 fully saturated rings. The van der Waals surface area contributed by atoms with Gasteiger partial charge in [-0.05, 0) is 50.0 Å². The van der Waals surface area contributed by atoms with Gasteiger partial charge < -0.3 is 14.8 Å². The van der Waals surface area contributed by atoms with Gasteiger partial charge in [0.1, 0.15) is 17.1 Å². The van der Waals surface area contributed by atoms with Crippen molar-refractivity contribution in [3.8, 4) is 0 Å². The smallest absolute Gasteiger partial charge is 0.339 e. The van der Waals surface area contributed by atoms with Crippen molar-refractivity contribution in [2.45, 2.75) is 39.2 Å². The number of carboxylic acid groups (broad SMARTS) is 1. The van der Waals surface area contributed by atoms with E-state index < -0.39 is 5.97 Å². The van der Waals surface area contributed by atoms with Crippen LogP contribution in [0.25, 0.3) is 0 Å². The molecule has 0 aliphatic heterocycles. The van der Waals surface area contributed by atoms with Gasteiger partial charge in [0.25, 0.3) is 0 Å². The van der Waals surface area contributed by atoms with Gasteiger partial charge in [-0.1, -0.05) is 0 Å². The topological polar surface area (TPSA) is 62.5 Å². The number of carbonyl (C=O) groups is 1. The zero-order valence-corrected chi connectivity index (χ0v) is 10.7. The summed E-state index contributed by atoms with van der Waals surface area (Å²) in [5.74, 6) is 1.23. The second-order valence-electron chi connectivity index (χ2n) is 5.73. The van der Waals surface area contributed by atoms with Gasteiger partial charge in [-0.25, -0.2) is 4.79 Å². The number of furan rings is 1. The second-order valence-corrected chi connectivity index (χ2v) is 5.73. The fourth-order valence-electron chi connectivity index (χ4n) is 2.86. The Bertz CT molecular complexity index is 469. The molecule has 0 saturated heterocycles. The molecule has 2 aliphatic carbocycles. The van der Waals surface area contributed by atoms with Crippen LogP contribution < -0.4 is 5.32 Å². The molecule has 0 bridgehead atoms. The van der Waals surface area contributed by atoms with Gasteiger partial charge in [0.2, 0.25) is 0 Å². The normalized spacial score (nSPS) is 20.9. The average molecular weight is 249 g/mol. The third kappa shape index (κ3) is 2.17. The highest BCUT2D eigenvalue weighted by Gasteiger charge is 2.53. The van der Waals surface area contributed by atoms with Crippen molar-refractivity contribution in [3.63, 3.8) is 0 Å². The molecule has 0 amide bonds. The molecule has 2 saturated carbocycles. The van der Waals surface area contributed by atoms with Crippen molar-refractivity contribution in [1.29, 1.82) is 0 Å². The lowest BCUT2D eigenvalue weighted by Crippen LogP contribution is -2.24. The van der Waals surface area contributed by atoms with Gasteiger partial charge in [-0.2, -0.15) is 0 Å². The molecule has 0 atom stereocenters. The fraction of sp³-hybridized carbons (Fsp3) is 0.643. The Labute approximate surface area is 106 Å². The quantitative estimate of drug-likeness (QED) is 0.813. The first-order valence-corrected chi connectivity index (χ1v) is 6.64. The van der Waals surface area contributed by atoms with Crippen molar-refractivity contribution in [2.75, 3.05) is 6.54 Å². The zero-order chi connectivity index (χ0) is 12.8. The minimum atomic E-state index is -0.917. The van der Waals surface area contributed by atoms with Crippen LogP contribution in [0.15, 0.2) is 10.5 Å². The van der Waals surface area contributed by atoms with Crippen LogP contribution in [0, 0.1) is 18.3 Å². The van der Waals surface area contributed by atoms with Crippen LogP contribution in [0.5, 0.6) is 0 Å². The maximum atomic E-state index is 10.9. The first kappa shape index (κ1) is 11.8. The fourth-order valence-corrected chi connectivity index (χ4v) is 2.86. The lowest BCUT2D eigenvalue weighted by Gasteiger charge is -2.13. The number of aryl methyl sites for hydroxylation is 1. The van der Waals surface area contributed by atoms with E-state index >= 15 is 0 Å². The van der Waals surface area contributed by atoms with Crippen molar-refractivity contribution in [1.82, 2.24) is 5.32 Å². The third-order valence-corrected chi connectivity index (χ3v) is 4.31. The van der Waals surface area contributed by atoms with Crippen molar-refractivity contribution in [3.05, 3.63) is 23.2 Å². The molecular formula is C14H19NO3. The Morgan fingerprint density at radius 2 is 2.28 bits per heavy atom. The minimum absolute atomic E-state index is 0.273. The summed E-state index contributed by atoms with van der Waals surface area (Å²) in [5.41, 5.74) is 0.840. The molecular weight excluding hydrogens is 230 g/mol. The van der Waals surface area contributed by atoms with Crippen molar-refractivity contribution >= 4 is 5.97 Å². The first-order chi connectivity index (χ1) is 8.61. The van der Waals surface area contributed by atoms with Crippen LogP contribution in [0.4, 0.5) is 0 Å². The number of hydrogen-bond acceptors (Lipinski definition) is 3.